The zero-order chi connectivity index (χ0) is 15.5. The fraction of sp³-hybridized carbons (Fsp3) is 0.143. The minimum atomic E-state index is -3.84. The average Bonchev–Trinajstić information content (AvgIpc) is 2.38. The van der Waals surface area contributed by atoms with Crippen LogP contribution < -0.4 is 10.0 Å². The van der Waals surface area contributed by atoms with Crippen LogP contribution in [0.4, 0.5) is 5.69 Å². The molecule has 0 aliphatic heterocycles. The van der Waals surface area contributed by atoms with Crippen LogP contribution in [0, 0.1) is 0 Å². The van der Waals surface area contributed by atoms with Gasteiger partial charge in [-0.15, -0.1) is 0 Å². The molecule has 0 aliphatic carbocycles. The largest absolute Gasteiger partial charge is 0.316 e. The van der Waals surface area contributed by atoms with E-state index in [4.69, 9.17) is 23.2 Å². The van der Waals surface area contributed by atoms with Gasteiger partial charge in [-0.1, -0.05) is 41.4 Å². The van der Waals surface area contributed by atoms with Crippen molar-refractivity contribution in [2.45, 2.75) is 11.4 Å². The van der Waals surface area contributed by atoms with Gasteiger partial charge < -0.3 is 5.32 Å². The van der Waals surface area contributed by atoms with E-state index in [1.165, 1.54) is 12.1 Å². The predicted octanol–water partition coefficient (Wildman–Crippen LogP) is 3.51. The average molecular weight is 345 g/mol. The highest BCUT2D eigenvalue weighted by molar-refractivity contribution is 7.93. The van der Waals surface area contributed by atoms with Crippen molar-refractivity contribution in [2.75, 3.05) is 11.8 Å². The Morgan fingerprint density at radius 3 is 2.29 bits per heavy atom. The van der Waals surface area contributed by atoms with Crippen LogP contribution in [-0.4, -0.2) is 15.5 Å². The van der Waals surface area contributed by atoms with Gasteiger partial charge in [-0.2, -0.15) is 0 Å². The van der Waals surface area contributed by atoms with Crippen LogP contribution in [0.25, 0.3) is 0 Å². The van der Waals surface area contributed by atoms with Gasteiger partial charge in [-0.25, -0.2) is 8.42 Å². The van der Waals surface area contributed by atoms with Gasteiger partial charge in [0, 0.05) is 12.2 Å². The molecular formula is C14H14Cl2N2O2S. The van der Waals surface area contributed by atoms with Crippen LogP contribution in [0.3, 0.4) is 0 Å². The number of nitrogens with one attached hydrogen (secondary N) is 2. The minimum absolute atomic E-state index is 0.0846. The Hall–Kier alpha value is -1.27. The van der Waals surface area contributed by atoms with Crippen molar-refractivity contribution >= 4 is 38.9 Å². The second-order valence-electron chi connectivity index (χ2n) is 4.39. The minimum Gasteiger partial charge on any atom is -0.316 e. The van der Waals surface area contributed by atoms with Gasteiger partial charge in [0.15, 0.2) is 0 Å². The summed E-state index contributed by atoms with van der Waals surface area (Å²) >= 11 is 11.9. The highest BCUT2D eigenvalue weighted by Crippen LogP contribution is 2.30. The van der Waals surface area contributed by atoms with Gasteiger partial charge in [0.2, 0.25) is 0 Å². The lowest BCUT2D eigenvalue weighted by Gasteiger charge is -2.12. The van der Waals surface area contributed by atoms with Crippen molar-refractivity contribution in [3.05, 3.63) is 58.1 Å². The lowest BCUT2D eigenvalue weighted by atomic mass is 10.2. The topological polar surface area (TPSA) is 58.2 Å². The maximum Gasteiger partial charge on any atom is 0.264 e. The van der Waals surface area contributed by atoms with Crippen LogP contribution >= 0.6 is 23.2 Å². The monoisotopic (exact) mass is 344 g/mol. The third kappa shape index (κ3) is 3.89. The van der Waals surface area contributed by atoms with E-state index in [9.17, 15) is 8.42 Å². The molecule has 0 fully saturated rings. The Labute approximate surface area is 134 Å². The number of hydrogen-bond donors (Lipinski definition) is 2. The molecule has 0 heterocycles. The van der Waals surface area contributed by atoms with Crippen molar-refractivity contribution < 1.29 is 8.42 Å². The second kappa shape index (κ2) is 6.66. The molecule has 0 aromatic heterocycles. The molecular weight excluding hydrogens is 331 g/mol. The summed E-state index contributed by atoms with van der Waals surface area (Å²) in [4.78, 5) is -0.118. The zero-order valence-electron chi connectivity index (χ0n) is 11.2. The first-order chi connectivity index (χ1) is 9.94. The Balaban J connectivity index is 2.36. The number of sulfonamides is 1. The third-order valence-electron chi connectivity index (χ3n) is 2.75. The normalized spacial score (nSPS) is 11.4. The lowest BCUT2D eigenvalue weighted by molar-refractivity contribution is 0.601. The molecule has 0 bridgehead atoms. The van der Waals surface area contributed by atoms with E-state index in [1.54, 1.807) is 24.3 Å². The maximum atomic E-state index is 12.4. The summed E-state index contributed by atoms with van der Waals surface area (Å²) in [6.45, 7) is 0.641. The smallest absolute Gasteiger partial charge is 0.264 e. The van der Waals surface area contributed by atoms with Crippen molar-refractivity contribution in [1.29, 1.82) is 0 Å². The molecule has 2 aromatic rings. The van der Waals surface area contributed by atoms with Crippen LogP contribution in [-0.2, 0) is 16.6 Å². The van der Waals surface area contributed by atoms with Crippen LogP contribution in [0.5, 0.6) is 0 Å². The molecule has 0 radical (unpaired) electrons. The van der Waals surface area contributed by atoms with E-state index < -0.39 is 10.0 Å². The summed E-state index contributed by atoms with van der Waals surface area (Å²) in [5.41, 5.74) is 1.42. The van der Waals surface area contributed by atoms with E-state index in [-0.39, 0.29) is 14.9 Å². The van der Waals surface area contributed by atoms with E-state index >= 15 is 0 Å². The van der Waals surface area contributed by atoms with Crippen LogP contribution in [0.15, 0.2) is 47.4 Å². The molecule has 4 nitrogen and oxygen atoms in total. The van der Waals surface area contributed by atoms with Crippen LogP contribution in [0.2, 0.25) is 10.0 Å². The first kappa shape index (κ1) is 16.1. The molecule has 0 spiro atoms. The van der Waals surface area contributed by atoms with Crippen molar-refractivity contribution in [1.82, 2.24) is 5.32 Å². The van der Waals surface area contributed by atoms with Gasteiger partial charge >= 0.3 is 0 Å². The summed E-state index contributed by atoms with van der Waals surface area (Å²) in [6, 6.07) is 11.7. The molecule has 112 valence electrons. The fourth-order valence-corrected chi connectivity index (χ4v) is 4.09. The third-order valence-corrected chi connectivity index (χ3v) is 5.08. The summed E-state index contributed by atoms with van der Waals surface area (Å²) < 4.78 is 27.3. The molecule has 2 rings (SSSR count). The SMILES string of the molecule is CNCc1cccc(NS(=O)(=O)c2c(Cl)cccc2Cl)c1. The lowest BCUT2D eigenvalue weighted by Crippen LogP contribution is -2.14. The van der Waals surface area contributed by atoms with Gasteiger partial charge in [-0.3, -0.25) is 4.72 Å². The number of hydrogen-bond acceptors (Lipinski definition) is 3. The highest BCUT2D eigenvalue weighted by Gasteiger charge is 2.21. The van der Waals surface area contributed by atoms with Gasteiger partial charge in [0.25, 0.3) is 10.0 Å². The maximum absolute atomic E-state index is 12.4. The molecule has 2 N–H and O–H groups in total. The quantitative estimate of drug-likeness (QED) is 0.872. The Morgan fingerprint density at radius 2 is 1.67 bits per heavy atom. The molecule has 0 aliphatic rings. The van der Waals surface area contributed by atoms with Gasteiger partial charge in [0.1, 0.15) is 4.90 Å². The highest BCUT2D eigenvalue weighted by atomic mass is 35.5. The van der Waals surface area contributed by atoms with E-state index in [0.717, 1.165) is 5.56 Å². The van der Waals surface area contributed by atoms with Crippen LogP contribution in [0.1, 0.15) is 5.56 Å². The number of benzene rings is 2. The van der Waals surface area contributed by atoms with E-state index in [0.29, 0.717) is 12.2 Å². The fourth-order valence-electron chi connectivity index (χ4n) is 1.89. The van der Waals surface area contributed by atoms with Crippen molar-refractivity contribution in [3.8, 4) is 0 Å². The Morgan fingerprint density at radius 1 is 1.05 bits per heavy atom. The molecule has 0 unspecified atom stereocenters. The first-order valence-electron chi connectivity index (χ1n) is 6.14. The van der Waals surface area contributed by atoms with E-state index in [2.05, 4.69) is 10.0 Å². The zero-order valence-corrected chi connectivity index (χ0v) is 13.6. The Kier molecular flexibility index (Phi) is 5.11. The second-order valence-corrected chi connectivity index (χ2v) is 6.82. The summed E-state index contributed by atoms with van der Waals surface area (Å²) in [7, 11) is -2.02. The standard InChI is InChI=1S/C14H14Cl2N2O2S/c1-17-9-10-4-2-5-11(8-10)18-21(19,20)14-12(15)6-3-7-13(14)16/h2-8,17-18H,9H2,1H3. The summed E-state index contributed by atoms with van der Waals surface area (Å²) in [5, 5.41) is 3.17. The molecule has 7 heteroatoms. The molecule has 0 amide bonds. The van der Waals surface area contributed by atoms with Gasteiger partial charge in [0.05, 0.1) is 10.0 Å². The number of rotatable bonds is 5. The molecule has 0 saturated carbocycles. The molecule has 2 aromatic carbocycles. The molecule has 0 saturated heterocycles. The van der Waals surface area contributed by atoms with Gasteiger partial charge in [-0.05, 0) is 36.9 Å². The summed E-state index contributed by atoms with van der Waals surface area (Å²) in [6.07, 6.45) is 0. The van der Waals surface area contributed by atoms with E-state index in [1.807, 2.05) is 13.1 Å². The first-order valence-corrected chi connectivity index (χ1v) is 8.38. The number of anilines is 1. The molecule has 0 atom stereocenters. The Bertz CT molecular complexity index is 728. The predicted molar refractivity (Wildman–Crippen MR) is 86.5 cm³/mol. The molecule has 21 heavy (non-hydrogen) atoms. The van der Waals surface area contributed by atoms with Crippen molar-refractivity contribution in [3.63, 3.8) is 0 Å². The van der Waals surface area contributed by atoms with Crippen molar-refractivity contribution in [2.24, 2.45) is 0 Å². The summed E-state index contributed by atoms with van der Waals surface area (Å²) in [5.74, 6) is 0. The number of halogens is 2.